The van der Waals surface area contributed by atoms with E-state index in [1.807, 2.05) is 6.07 Å². The van der Waals surface area contributed by atoms with E-state index in [0.29, 0.717) is 21.9 Å². The number of halogens is 1. The second kappa shape index (κ2) is 6.25. The van der Waals surface area contributed by atoms with Gasteiger partial charge in [-0.25, -0.2) is 0 Å². The molecule has 2 aromatic rings. The molecule has 0 unspecified atom stereocenters. The van der Waals surface area contributed by atoms with Crippen LogP contribution in [0, 0.1) is 28.4 Å². The Morgan fingerprint density at radius 1 is 1.33 bits per heavy atom. The molecule has 2 aromatic carbocycles. The molecule has 0 spiro atoms. The Balaban J connectivity index is 2.18. The van der Waals surface area contributed by atoms with Crippen LogP contribution in [-0.4, -0.2) is 4.92 Å². The minimum atomic E-state index is -0.471. The van der Waals surface area contributed by atoms with E-state index in [9.17, 15) is 10.1 Å². The molecule has 6 heteroatoms. The predicted octanol–water partition coefficient (Wildman–Crippen LogP) is 4.01. The van der Waals surface area contributed by atoms with Gasteiger partial charge in [-0.15, -0.1) is 0 Å². The molecule has 106 valence electrons. The fourth-order valence-electron chi connectivity index (χ4n) is 1.75. The molecule has 0 N–H and O–H groups in total. The maximum atomic E-state index is 10.8. The molecule has 0 atom stereocenters. The van der Waals surface area contributed by atoms with E-state index in [1.54, 1.807) is 31.2 Å². The summed E-state index contributed by atoms with van der Waals surface area (Å²) in [4.78, 5) is 10.3. The largest absolute Gasteiger partial charge is 0.488 e. The zero-order chi connectivity index (χ0) is 15.4. The van der Waals surface area contributed by atoms with E-state index in [0.717, 1.165) is 5.56 Å². The molecule has 0 aliphatic rings. The second-order valence-electron chi connectivity index (χ2n) is 4.41. The normalized spacial score (nSPS) is 9.95. The Morgan fingerprint density at radius 2 is 2.10 bits per heavy atom. The van der Waals surface area contributed by atoms with E-state index in [-0.39, 0.29) is 12.3 Å². The third kappa shape index (κ3) is 3.50. The highest BCUT2D eigenvalue weighted by Gasteiger charge is 2.10. The lowest BCUT2D eigenvalue weighted by atomic mass is 10.1. The summed E-state index contributed by atoms with van der Waals surface area (Å²) < 4.78 is 5.60. The van der Waals surface area contributed by atoms with Gasteiger partial charge < -0.3 is 4.74 Å². The van der Waals surface area contributed by atoms with E-state index >= 15 is 0 Å². The highest BCUT2D eigenvalue weighted by atomic mass is 35.5. The molecule has 0 saturated carbocycles. The average Bonchev–Trinajstić information content (AvgIpc) is 2.47. The third-order valence-corrected chi connectivity index (χ3v) is 3.30. The summed E-state index contributed by atoms with van der Waals surface area (Å²) in [5, 5.41) is 20.0. The van der Waals surface area contributed by atoms with Gasteiger partial charge >= 0.3 is 0 Å². The number of benzene rings is 2. The number of ether oxygens (including phenoxy) is 1. The van der Waals surface area contributed by atoms with Crippen molar-refractivity contribution in [1.82, 2.24) is 0 Å². The number of hydrogen-bond donors (Lipinski definition) is 0. The summed E-state index contributed by atoms with van der Waals surface area (Å²) in [6.45, 7) is 1.98. The molecule has 0 aliphatic carbocycles. The van der Waals surface area contributed by atoms with Crippen LogP contribution in [-0.2, 0) is 6.61 Å². The minimum Gasteiger partial charge on any atom is -0.488 e. The zero-order valence-electron chi connectivity index (χ0n) is 11.2. The number of nitrogens with zero attached hydrogens (tertiary/aromatic N) is 2. The van der Waals surface area contributed by atoms with Crippen molar-refractivity contribution in [3.05, 3.63) is 68.2 Å². The number of nitro benzene ring substituents is 1. The molecule has 5 nitrogen and oxygen atoms in total. The van der Waals surface area contributed by atoms with Crippen LogP contribution < -0.4 is 4.74 Å². The molecule has 0 bridgehead atoms. The quantitative estimate of drug-likeness (QED) is 0.631. The average molecular weight is 303 g/mol. The number of non-ortho nitro benzene ring substituents is 1. The van der Waals surface area contributed by atoms with Crippen molar-refractivity contribution in [2.75, 3.05) is 0 Å². The van der Waals surface area contributed by atoms with Crippen molar-refractivity contribution >= 4 is 17.3 Å². The van der Waals surface area contributed by atoms with Crippen molar-refractivity contribution in [3.63, 3.8) is 0 Å². The second-order valence-corrected chi connectivity index (χ2v) is 4.82. The first-order valence-electron chi connectivity index (χ1n) is 6.07. The molecule has 0 heterocycles. The van der Waals surface area contributed by atoms with Crippen molar-refractivity contribution in [3.8, 4) is 11.8 Å². The van der Waals surface area contributed by atoms with Gasteiger partial charge in [-0.3, -0.25) is 10.1 Å². The van der Waals surface area contributed by atoms with Crippen LogP contribution in [0.25, 0.3) is 0 Å². The molecule has 0 amide bonds. The topological polar surface area (TPSA) is 76.2 Å². The number of nitriles is 1. The predicted molar refractivity (Wildman–Crippen MR) is 78.3 cm³/mol. The van der Waals surface area contributed by atoms with Crippen LogP contribution in [0.5, 0.6) is 5.75 Å². The molecule has 0 fully saturated rings. The Labute approximate surface area is 126 Å². The van der Waals surface area contributed by atoms with E-state index in [1.165, 1.54) is 12.1 Å². The fourth-order valence-corrected chi connectivity index (χ4v) is 1.98. The lowest BCUT2D eigenvalue weighted by Gasteiger charge is -2.10. The molecular formula is C15H11ClN2O3. The molecule has 0 radical (unpaired) electrons. The SMILES string of the molecule is Cc1ccc([N+](=O)[O-])cc1OCc1ccc(C#N)cc1Cl. The van der Waals surface area contributed by atoms with Gasteiger partial charge in [0.25, 0.3) is 5.69 Å². The van der Waals surface area contributed by atoms with Crippen LogP contribution in [0.15, 0.2) is 36.4 Å². The first kappa shape index (κ1) is 14.8. The van der Waals surface area contributed by atoms with Gasteiger partial charge in [0.1, 0.15) is 12.4 Å². The molecule has 0 aliphatic heterocycles. The van der Waals surface area contributed by atoms with Gasteiger partial charge in [0.2, 0.25) is 0 Å². The summed E-state index contributed by atoms with van der Waals surface area (Å²) in [6.07, 6.45) is 0. The summed E-state index contributed by atoms with van der Waals surface area (Å²) in [6, 6.07) is 11.3. The highest BCUT2D eigenvalue weighted by molar-refractivity contribution is 6.31. The van der Waals surface area contributed by atoms with Crippen molar-refractivity contribution in [2.45, 2.75) is 13.5 Å². The standard InChI is InChI=1S/C15H11ClN2O3/c1-10-2-5-13(18(19)20)7-15(10)21-9-12-4-3-11(8-17)6-14(12)16/h2-7H,9H2,1H3. The van der Waals surface area contributed by atoms with Crippen LogP contribution in [0.4, 0.5) is 5.69 Å². The van der Waals surface area contributed by atoms with Gasteiger partial charge in [0.15, 0.2) is 0 Å². The smallest absolute Gasteiger partial charge is 0.273 e. The Morgan fingerprint density at radius 3 is 2.71 bits per heavy atom. The zero-order valence-corrected chi connectivity index (χ0v) is 11.9. The minimum absolute atomic E-state index is 0.0264. The van der Waals surface area contributed by atoms with Crippen LogP contribution in [0.1, 0.15) is 16.7 Å². The Kier molecular flexibility index (Phi) is 4.41. The summed E-state index contributed by atoms with van der Waals surface area (Å²) in [5.74, 6) is 0.435. The first-order valence-corrected chi connectivity index (χ1v) is 6.45. The van der Waals surface area contributed by atoms with Gasteiger partial charge in [-0.05, 0) is 30.7 Å². The van der Waals surface area contributed by atoms with Gasteiger partial charge in [-0.2, -0.15) is 5.26 Å². The maximum Gasteiger partial charge on any atom is 0.273 e. The number of nitro groups is 1. The number of rotatable bonds is 4. The molecule has 2 rings (SSSR count). The summed E-state index contributed by atoms with van der Waals surface area (Å²) in [5.41, 5.74) is 1.95. The lowest BCUT2D eigenvalue weighted by molar-refractivity contribution is -0.385. The highest BCUT2D eigenvalue weighted by Crippen LogP contribution is 2.26. The third-order valence-electron chi connectivity index (χ3n) is 2.95. The van der Waals surface area contributed by atoms with Gasteiger partial charge in [0, 0.05) is 16.7 Å². The maximum absolute atomic E-state index is 10.8. The first-order chi connectivity index (χ1) is 10.0. The Hall–Kier alpha value is -2.58. The van der Waals surface area contributed by atoms with Crippen molar-refractivity contribution in [1.29, 1.82) is 5.26 Å². The molecule has 0 aromatic heterocycles. The van der Waals surface area contributed by atoms with Gasteiger partial charge in [0.05, 0.1) is 22.6 Å². The van der Waals surface area contributed by atoms with Crippen molar-refractivity contribution in [2.24, 2.45) is 0 Å². The fraction of sp³-hybridized carbons (Fsp3) is 0.133. The van der Waals surface area contributed by atoms with Crippen molar-refractivity contribution < 1.29 is 9.66 Å². The monoisotopic (exact) mass is 302 g/mol. The van der Waals surface area contributed by atoms with Crippen LogP contribution >= 0.6 is 11.6 Å². The summed E-state index contributed by atoms with van der Waals surface area (Å²) in [7, 11) is 0. The van der Waals surface area contributed by atoms with E-state index in [2.05, 4.69) is 0 Å². The van der Waals surface area contributed by atoms with Crippen LogP contribution in [0.3, 0.4) is 0 Å². The molecular weight excluding hydrogens is 292 g/mol. The number of aryl methyl sites for hydroxylation is 1. The summed E-state index contributed by atoms with van der Waals surface area (Å²) >= 11 is 6.06. The van der Waals surface area contributed by atoms with Gasteiger partial charge in [-0.1, -0.05) is 17.7 Å². The number of hydrogen-bond acceptors (Lipinski definition) is 4. The van der Waals surface area contributed by atoms with Crippen LogP contribution in [0.2, 0.25) is 5.02 Å². The van der Waals surface area contributed by atoms with E-state index in [4.69, 9.17) is 21.6 Å². The lowest BCUT2D eigenvalue weighted by Crippen LogP contribution is -1.99. The Bertz CT molecular complexity index is 738. The van der Waals surface area contributed by atoms with E-state index < -0.39 is 4.92 Å². The molecule has 0 saturated heterocycles. The molecule has 21 heavy (non-hydrogen) atoms.